The van der Waals surface area contributed by atoms with E-state index < -0.39 is 56.1 Å². The standard InChI is InChI=1S/C26H29N3O3S.C25H27N3O3S.C24H25N3O3S.C19H15N3O2S.7H2/c1-19(2)33(30,31)24-12-10-22(11-13-24)26-18-27-20(3)25(28-26)14-9-21-7-6-8-23(17-21)32-16-15-29(4)5;1-18(2)32(29,30)23-11-9-21(10-12-23)25-17-27-19(3)24(28-25)13-8-20-6-4-7-22(16-20)31-15-5-14-26;1-17(2)31(28,29)22-10-8-20(9-11-22)24-16-26-18(3)23(27-24)12-7-19-5-4-6-21(15-19)30-14-13-25;1-25(24)18-8-3-2-7-15(18)17-12-21-19(20)16(22-17)10-9-13-5-4-6-14(23)11-13;;;;;;;/h6-8,10-13,17-19H,15-16H2,1-5H3;4,6-7,9-12,16-18H,5,14-15,26H2,1-3H3;4-6,8-11,15-17H,13-14,25H2,1-3H3;2-8,11-12,23H,1H3,(H2,20,21);7*1H. The zero-order valence-electron chi connectivity index (χ0n) is 69.4. The van der Waals surface area contributed by atoms with Crippen molar-refractivity contribution >= 4 is 46.1 Å². The molecule has 12 aromatic rings. The Labute approximate surface area is 722 Å². The van der Waals surface area contributed by atoms with Gasteiger partial charge in [0.15, 0.2) is 41.0 Å². The lowest BCUT2D eigenvalue weighted by Crippen LogP contribution is -2.19. The molecule has 8 aromatic carbocycles. The highest BCUT2D eigenvalue weighted by Gasteiger charge is 2.23. The molecule has 636 valence electrons. The van der Waals surface area contributed by atoms with Gasteiger partial charge in [-0.25, -0.2) is 50.2 Å². The number of likely N-dealkylation sites (N-methyl/N-ethyl adjacent to an activating group) is 1. The number of rotatable bonds is 22. The molecule has 0 saturated carbocycles. The molecular weight excluding hydrogens is 1600 g/mol. The van der Waals surface area contributed by atoms with Gasteiger partial charge >= 0.3 is 0 Å². The Morgan fingerprint density at radius 2 is 0.769 bits per heavy atom. The molecule has 0 aliphatic rings. The van der Waals surface area contributed by atoms with Crippen molar-refractivity contribution < 1.29 is 58.8 Å². The number of anilines is 1. The number of aromatic nitrogens is 8. The van der Waals surface area contributed by atoms with Crippen LogP contribution in [-0.2, 0) is 40.3 Å². The highest BCUT2D eigenvalue weighted by Crippen LogP contribution is 2.29. The van der Waals surface area contributed by atoms with Crippen LogP contribution in [-0.4, -0.2) is 155 Å². The van der Waals surface area contributed by atoms with E-state index in [1.165, 1.54) is 0 Å². The number of phenols is 1. The van der Waals surface area contributed by atoms with Gasteiger partial charge in [0.1, 0.15) is 53.3 Å². The molecule has 0 saturated heterocycles. The second-order valence-electron chi connectivity index (χ2n) is 28.3. The number of aryl methyl sites for hydroxylation is 3. The van der Waals surface area contributed by atoms with Gasteiger partial charge in [0.2, 0.25) is 0 Å². The second-order valence-corrected chi connectivity index (χ2v) is 37.1. The SMILES string of the molecule is CS(=O)c1ccccc1-c1cnc(N)c(C#Cc2cccc(O)c2)n1.Cc1ncc(-c2ccc(S(=O)(=O)C(C)C)cc2)nc1C#Cc1cccc(OCCCN)c1.Cc1ncc(-c2ccc(S(=O)(=O)C(C)C)cc2)nc1C#Cc1cccc(OCCN(C)C)c1.Cc1ncc(-c2ccc(S(=O)(=O)C(C)C)cc2)nc1C#Cc1cccc(OCCN)c1.[HH].[HH].[HH].[HH].[HH].[HH].[HH]. The van der Waals surface area contributed by atoms with E-state index in [2.05, 4.69) is 92.1 Å². The molecule has 4 aromatic heterocycles. The van der Waals surface area contributed by atoms with Gasteiger partial charge < -0.3 is 41.4 Å². The summed E-state index contributed by atoms with van der Waals surface area (Å²) in [6, 6.07) is 56.7. The highest BCUT2D eigenvalue weighted by atomic mass is 32.2. The molecule has 0 spiro atoms. The van der Waals surface area contributed by atoms with Gasteiger partial charge in [-0.3, -0.25) is 19.2 Å². The van der Waals surface area contributed by atoms with Crippen molar-refractivity contribution in [3.05, 3.63) is 281 Å². The molecule has 121 heavy (non-hydrogen) atoms. The van der Waals surface area contributed by atoms with E-state index in [4.69, 9.17) is 31.4 Å². The maximum absolute atomic E-state index is 12.4. The van der Waals surface area contributed by atoms with Crippen molar-refractivity contribution in [2.75, 3.05) is 65.5 Å². The topological polar surface area (TPSA) is 352 Å². The Hall–Kier alpha value is -12.8. The lowest BCUT2D eigenvalue weighted by molar-refractivity contribution is 0.261. The molecule has 0 aliphatic carbocycles. The van der Waals surface area contributed by atoms with E-state index in [1.807, 2.05) is 126 Å². The van der Waals surface area contributed by atoms with Crippen LogP contribution in [0.25, 0.3) is 45.0 Å². The van der Waals surface area contributed by atoms with E-state index in [0.717, 1.165) is 74.8 Å². The van der Waals surface area contributed by atoms with E-state index in [9.17, 15) is 34.6 Å². The molecule has 12 rings (SSSR count). The summed E-state index contributed by atoms with van der Waals surface area (Å²) in [5, 5.41) is 8.07. The van der Waals surface area contributed by atoms with E-state index in [-0.39, 0.29) is 21.6 Å². The van der Waals surface area contributed by atoms with Gasteiger partial charge in [-0.15, -0.1) is 0 Å². The summed E-state index contributed by atoms with van der Waals surface area (Å²) < 4.78 is 103. The second kappa shape index (κ2) is 43.8. The minimum atomic E-state index is -3.32. The molecule has 23 nitrogen and oxygen atoms in total. The van der Waals surface area contributed by atoms with Gasteiger partial charge in [-0.2, -0.15) is 0 Å². The smallest absolute Gasteiger partial charge is 0.180 e. The van der Waals surface area contributed by atoms with Gasteiger partial charge in [0, 0.05) is 78.7 Å². The lowest BCUT2D eigenvalue weighted by Gasteiger charge is -2.10. The Morgan fingerprint density at radius 3 is 1.13 bits per heavy atom. The summed E-state index contributed by atoms with van der Waals surface area (Å²) in [6.07, 6.45) is 8.95. The molecule has 0 amide bonds. The number of benzene rings is 8. The van der Waals surface area contributed by atoms with Crippen LogP contribution in [0.1, 0.15) is 120 Å². The van der Waals surface area contributed by atoms with Gasteiger partial charge in [-0.1, -0.05) is 103 Å². The zero-order chi connectivity index (χ0) is 87.4. The Kier molecular flexibility index (Phi) is 33.3. The molecule has 27 heteroatoms. The largest absolute Gasteiger partial charge is 0.508 e. The van der Waals surface area contributed by atoms with Crippen LogP contribution in [0.4, 0.5) is 5.82 Å². The number of hydrogen-bond donors (Lipinski definition) is 4. The molecule has 0 bridgehead atoms. The number of hydrogen-bond acceptors (Lipinski definition) is 23. The molecule has 1 unspecified atom stereocenters. The van der Waals surface area contributed by atoms with Crippen molar-refractivity contribution in [1.82, 2.24) is 44.8 Å². The van der Waals surface area contributed by atoms with Crippen LogP contribution in [0.2, 0.25) is 0 Å². The fraction of sp³-hybridized carbons (Fsp3) is 0.234. The third-order valence-electron chi connectivity index (χ3n) is 17.9. The quantitative estimate of drug-likeness (QED) is 0.0362. The summed E-state index contributed by atoms with van der Waals surface area (Å²) in [4.78, 5) is 39.4. The Morgan fingerprint density at radius 1 is 0.421 bits per heavy atom. The Balaban J connectivity index is 0.000000570. The third kappa shape index (κ3) is 26.6. The summed E-state index contributed by atoms with van der Waals surface area (Å²) in [5.41, 5.74) is 29.6. The zero-order valence-corrected chi connectivity index (χ0v) is 72.7. The average Bonchev–Trinajstić information content (AvgIpc) is 0.820. The van der Waals surface area contributed by atoms with Crippen LogP contribution in [0.3, 0.4) is 0 Å². The number of aromatic hydroxyl groups is 1. The van der Waals surface area contributed by atoms with Crippen LogP contribution in [0.5, 0.6) is 23.0 Å². The maximum Gasteiger partial charge on any atom is 0.180 e. The fourth-order valence-corrected chi connectivity index (χ4v) is 14.8. The lowest BCUT2D eigenvalue weighted by atomic mass is 10.1. The summed E-state index contributed by atoms with van der Waals surface area (Å²) in [6.45, 7) is 19.1. The predicted molar refractivity (Wildman–Crippen MR) is 492 cm³/mol. The minimum Gasteiger partial charge on any atom is -0.508 e. The number of nitrogens with two attached hydrogens (primary N) is 3. The summed E-state index contributed by atoms with van der Waals surface area (Å²) in [5.74, 6) is 27.0. The van der Waals surface area contributed by atoms with Crippen molar-refractivity contribution in [2.45, 2.75) is 104 Å². The number of sulfone groups is 3. The number of phenolic OH excluding ortho intramolecular Hbond substituents is 1. The number of ether oxygens (including phenoxy) is 3. The van der Waals surface area contributed by atoms with Crippen molar-refractivity contribution in [3.8, 4) is 115 Å². The molecule has 7 N–H and O–H groups in total. The van der Waals surface area contributed by atoms with Gasteiger partial charge in [0.05, 0.1) is 112 Å². The fourth-order valence-electron chi connectivity index (χ4n) is 10.8. The first-order chi connectivity index (χ1) is 57.8. The maximum atomic E-state index is 12.4. The predicted octanol–water partition coefficient (Wildman–Crippen LogP) is 15.4. The van der Waals surface area contributed by atoms with Crippen molar-refractivity contribution in [3.63, 3.8) is 0 Å². The number of nitrogens with zero attached hydrogens (tertiary/aromatic N) is 9. The molecular formula is C94H110N12O11S4. The Bertz CT molecular complexity index is 6330. The summed E-state index contributed by atoms with van der Waals surface area (Å²) >= 11 is 0. The van der Waals surface area contributed by atoms with Crippen LogP contribution < -0.4 is 31.4 Å². The molecule has 0 aliphatic heterocycles. The molecule has 0 fully saturated rings. The normalized spacial score (nSPS) is 11.3. The molecule has 4 heterocycles. The van der Waals surface area contributed by atoms with Crippen molar-refractivity contribution in [1.29, 1.82) is 0 Å². The van der Waals surface area contributed by atoms with E-state index in [1.54, 1.807) is 176 Å². The van der Waals surface area contributed by atoms with Crippen LogP contribution in [0.15, 0.2) is 238 Å². The first-order valence-electron chi connectivity index (χ1n) is 38.5. The number of nitrogen functional groups attached to an aromatic ring is 1. The van der Waals surface area contributed by atoms with E-state index in [0.29, 0.717) is 115 Å². The first kappa shape index (κ1) is 92.1. The molecule has 0 radical (unpaired) electrons. The minimum absolute atomic E-state index is 0. The van der Waals surface area contributed by atoms with Gasteiger partial charge in [-0.05, 0) is 228 Å². The van der Waals surface area contributed by atoms with Crippen LogP contribution >= 0.6 is 0 Å². The van der Waals surface area contributed by atoms with Crippen LogP contribution in [0, 0.1) is 68.1 Å². The first-order valence-corrected chi connectivity index (χ1v) is 44.7. The molecule has 1 atom stereocenters. The highest BCUT2D eigenvalue weighted by molar-refractivity contribution is 7.92. The third-order valence-corrected chi connectivity index (χ3v) is 25.4. The summed E-state index contributed by atoms with van der Waals surface area (Å²) in [7, 11) is -7.09. The van der Waals surface area contributed by atoms with Crippen molar-refractivity contribution in [2.24, 2.45) is 11.5 Å². The van der Waals surface area contributed by atoms with E-state index >= 15 is 0 Å². The monoisotopic (exact) mass is 1710 g/mol. The van der Waals surface area contributed by atoms with Gasteiger partial charge in [0.25, 0.3) is 0 Å². The average molecular weight is 1710 g/mol.